The van der Waals surface area contributed by atoms with Gasteiger partial charge < -0.3 is 5.11 Å². The minimum Gasteiger partial charge on any atom is -0.478 e. The van der Waals surface area contributed by atoms with Gasteiger partial charge in [0.25, 0.3) is 0 Å². The second kappa shape index (κ2) is 8.39. The number of thioether (sulfide) groups is 1. The molecule has 2 aromatic carbocycles. The zero-order chi connectivity index (χ0) is 18.4. The predicted molar refractivity (Wildman–Crippen MR) is 107 cm³/mol. The highest BCUT2D eigenvalue weighted by Crippen LogP contribution is 2.36. The van der Waals surface area contributed by atoms with Gasteiger partial charge in [0.1, 0.15) is 0 Å². The van der Waals surface area contributed by atoms with E-state index in [4.69, 9.17) is 5.11 Å². The Hall–Kier alpha value is -2.00. The van der Waals surface area contributed by atoms with Crippen molar-refractivity contribution >= 4 is 23.8 Å². The van der Waals surface area contributed by atoms with Crippen LogP contribution in [0.5, 0.6) is 0 Å². The molecule has 1 aliphatic carbocycles. The van der Waals surface area contributed by atoms with Crippen LogP contribution in [-0.4, -0.2) is 11.1 Å². The number of carboxylic acids is 1. The normalized spacial score (nSPS) is 14.2. The third-order valence-electron chi connectivity index (χ3n) is 4.28. The van der Waals surface area contributed by atoms with E-state index in [2.05, 4.69) is 44.2 Å². The summed E-state index contributed by atoms with van der Waals surface area (Å²) in [6.45, 7) is 8.57. The van der Waals surface area contributed by atoms with E-state index in [1.807, 2.05) is 26.0 Å². The van der Waals surface area contributed by atoms with Gasteiger partial charge in [-0.25, -0.2) is 4.79 Å². The number of benzene rings is 2. The first kappa shape index (κ1) is 19.3. The maximum absolute atomic E-state index is 10.9. The molecule has 0 saturated carbocycles. The summed E-state index contributed by atoms with van der Waals surface area (Å²) in [6, 6.07) is 13.8. The lowest BCUT2D eigenvalue weighted by atomic mass is 9.75. The van der Waals surface area contributed by atoms with E-state index in [9.17, 15) is 4.79 Å². The summed E-state index contributed by atoms with van der Waals surface area (Å²) in [6.07, 6.45) is 5.56. The molecule has 0 radical (unpaired) electrons. The Morgan fingerprint density at radius 2 is 1.80 bits per heavy atom. The third kappa shape index (κ3) is 4.76. The molecule has 132 valence electrons. The van der Waals surface area contributed by atoms with Crippen LogP contribution in [0.1, 0.15) is 61.2 Å². The zero-order valence-corrected chi connectivity index (χ0v) is 16.2. The summed E-state index contributed by atoms with van der Waals surface area (Å²) in [4.78, 5) is 12.0. The molecule has 0 heterocycles. The Morgan fingerprint density at radius 1 is 1.12 bits per heavy atom. The Bertz CT molecular complexity index is 758. The van der Waals surface area contributed by atoms with Gasteiger partial charge in [-0.15, -0.1) is 11.8 Å². The van der Waals surface area contributed by atoms with Gasteiger partial charge >= 0.3 is 5.97 Å². The molecule has 0 unspecified atom stereocenters. The molecule has 0 aliphatic heterocycles. The second-order valence-corrected chi connectivity index (χ2v) is 7.58. The zero-order valence-electron chi connectivity index (χ0n) is 15.4. The smallest absolute Gasteiger partial charge is 0.335 e. The van der Waals surface area contributed by atoms with Gasteiger partial charge in [0.05, 0.1) is 5.56 Å². The molecule has 25 heavy (non-hydrogen) atoms. The number of carbonyl (C=O) groups is 1. The van der Waals surface area contributed by atoms with Crippen LogP contribution in [0.15, 0.2) is 53.4 Å². The second-order valence-electron chi connectivity index (χ2n) is 6.53. The van der Waals surface area contributed by atoms with E-state index >= 15 is 0 Å². The Kier molecular flexibility index (Phi) is 6.49. The molecule has 0 aromatic heterocycles. The maximum atomic E-state index is 10.9. The molecule has 1 N–H and O–H groups in total. The first-order valence-corrected chi connectivity index (χ1v) is 9.70. The van der Waals surface area contributed by atoms with Crippen LogP contribution in [0.3, 0.4) is 0 Å². The Balaban J connectivity index is 0.00000109. The molecule has 1 aliphatic rings. The van der Waals surface area contributed by atoms with Crippen LogP contribution in [-0.2, 0) is 11.2 Å². The van der Waals surface area contributed by atoms with Crippen molar-refractivity contribution in [3.05, 3.63) is 70.8 Å². The van der Waals surface area contributed by atoms with Gasteiger partial charge in [-0.3, -0.25) is 0 Å². The number of fused-ring (bicyclic) bond motifs is 1. The van der Waals surface area contributed by atoms with Crippen LogP contribution in [0.2, 0.25) is 0 Å². The molecule has 3 rings (SSSR count). The van der Waals surface area contributed by atoms with Crippen LogP contribution in [0.4, 0.5) is 0 Å². The fourth-order valence-corrected chi connectivity index (χ4v) is 3.75. The standard InChI is InChI=1S/C20H20O2S.C2H6/c1-20(2)11-3-4-16-12-14(5-10-18(16)20)13-23-17-8-6-15(7-9-17)19(21)22;1-2/h3-10,12H,11,13H2,1-2H3,(H,21,22);1-2H3. The molecule has 0 saturated heterocycles. The minimum absolute atomic E-state index is 0.211. The van der Waals surface area contributed by atoms with Crippen LogP contribution in [0, 0.1) is 0 Å². The van der Waals surface area contributed by atoms with Crippen LogP contribution >= 0.6 is 11.8 Å². The lowest BCUT2D eigenvalue weighted by Gasteiger charge is -2.29. The largest absolute Gasteiger partial charge is 0.478 e. The van der Waals surface area contributed by atoms with Crippen LogP contribution in [0.25, 0.3) is 6.08 Å². The quantitative estimate of drug-likeness (QED) is 0.646. The van der Waals surface area contributed by atoms with Crippen molar-refractivity contribution in [2.24, 2.45) is 0 Å². The molecule has 3 heteroatoms. The molecule has 0 atom stereocenters. The van der Waals surface area contributed by atoms with Crippen molar-refractivity contribution in [3.8, 4) is 0 Å². The number of hydrogen-bond acceptors (Lipinski definition) is 2. The minimum atomic E-state index is -0.884. The van der Waals surface area contributed by atoms with E-state index in [-0.39, 0.29) is 5.41 Å². The average Bonchev–Trinajstić information content (AvgIpc) is 2.61. The van der Waals surface area contributed by atoms with Crippen LogP contribution < -0.4 is 0 Å². The number of hydrogen-bond donors (Lipinski definition) is 1. The van der Waals surface area contributed by atoms with E-state index in [0.29, 0.717) is 5.56 Å². The van der Waals surface area contributed by atoms with Crippen molar-refractivity contribution < 1.29 is 9.90 Å². The van der Waals surface area contributed by atoms with Gasteiger partial charge in [0, 0.05) is 10.6 Å². The van der Waals surface area contributed by atoms with E-state index in [1.54, 1.807) is 23.9 Å². The summed E-state index contributed by atoms with van der Waals surface area (Å²) in [5.41, 5.74) is 4.57. The molecule has 0 amide bonds. The monoisotopic (exact) mass is 354 g/mol. The van der Waals surface area contributed by atoms with Crippen molar-refractivity contribution in [1.29, 1.82) is 0 Å². The van der Waals surface area contributed by atoms with Gasteiger partial charge in [-0.05, 0) is 52.8 Å². The lowest BCUT2D eigenvalue weighted by molar-refractivity contribution is 0.0697. The van der Waals surface area contributed by atoms with Crippen molar-refractivity contribution in [2.75, 3.05) is 0 Å². The molecular weight excluding hydrogens is 328 g/mol. The first-order chi connectivity index (χ1) is 12.0. The van der Waals surface area contributed by atoms with Gasteiger partial charge in [0.2, 0.25) is 0 Å². The number of carboxylic acid groups (broad SMARTS) is 1. The molecule has 2 nitrogen and oxygen atoms in total. The van der Waals surface area contributed by atoms with Crippen molar-refractivity contribution in [3.63, 3.8) is 0 Å². The van der Waals surface area contributed by atoms with E-state index in [1.165, 1.54) is 16.7 Å². The molecular formula is C22H26O2S. The van der Waals surface area contributed by atoms with Crippen molar-refractivity contribution in [2.45, 2.75) is 50.2 Å². The fourth-order valence-electron chi connectivity index (χ4n) is 2.91. The van der Waals surface area contributed by atoms with Gasteiger partial charge in [-0.1, -0.05) is 58.0 Å². The summed E-state index contributed by atoms with van der Waals surface area (Å²) in [7, 11) is 0. The molecule has 0 bridgehead atoms. The maximum Gasteiger partial charge on any atom is 0.335 e. The summed E-state index contributed by atoms with van der Waals surface area (Å²) < 4.78 is 0. The third-order valence-corrected chi connectivity index (χ3v) is 5.36. The molecule has 2 aromatic rings. The average molecular weight is 355 g/mol. The predicted octanol–water partition coefficient (Wildman–Crippen LogP) is 6.40. The van der Waals surface area contributed by atoms with E-state index in [0.717, 1.165) is 17.1 Å². The highest BCUT2D eigenvalue weighted by atomic mass is 32.2. The summed E-state index contributed by atoms with van der Waals surface area (Å²) in [5.74, 6) is -0.000764. The molecule has 0 spiro atoms. The fraction of sp³-hybridized carbons (Fsp3) is 0.318. The SMILES string of the molecule is CC.CC1(C)CC=Cc2cc(CSc3ccc(C(=O)O)cc3)ccc21. The summed E-state index contributed by atoms with van der Waals surface area (Å²) in [5, 5.41) is 8.93. The topological polar surface area (TPSA) is 37.3 Å². The highest BCUT2D eigenvalue weighted by molar-refractivity contribution is 7.98. The summed E-state index contributed by atoms with van der Waals surface area (Å²) >= 11 is 1.73. The Labute approximate surface area is 155 Å². The Morgan fingerprint density at radius 3 is 2.44 bits per heavy atom. The van der Waals surface area contributed by atoms with Crippen molar-refractivity contribution in [1.82, 2.24) is 0 Å². The van der Waals surface area contributed by atoms with E-state index < -0.39 is 5.97 Å². The lowest BCUT2D eigenvalue weighted by Crippen LogP contribution is -2.19. The number of allylic oxidation sites excluding steroid dienone is 1. The number of aromatic carboxylic acids is 1. The number of rotatable bonds is 4. The first-order valence-electron chi connectivity index (χ1n) is 8.72. The van der Waals surface area contributed by atoms with Gasteiger partial charge in [0.15, 0.2) is 0 Å². The molecule has 0 fully saturated rings. The highest BCUT2D eigenvalue weighted by Gasteiger charge is 2.24. The van der Waals surface area contributed by atoms with Gasteiger partial charge in [-0.2, -0.15) is 0 Å².